The normalized spacial score (nSPS) is 20.9. The van der Waals surface area contributed by atoms with Crippen LogP contribution in [-0.2, 0) is 14.3 Å². The van der Waals surface area contributed by atoms with Crippen molar-refractivity contribution in [1.29, 1.82) is 0 Å². The second-order valence-corrected chi connectivity index (χ2v) is 2.77. The first-order valence-electron chi connectivity index (χ1n) is 3.56. The molecule has 0 aromatic heterocycles. The van der Waals surface area contributed by atoms with Crippen LogP contribution in [0.4, 0.5) is 0 Å². The highest BCUT2D eigenvalue weighted by Crippen LogP contribution is 2.21. The van der Waals surface area contributed by atoms with E-state index in [0.717, 1.165) is 0 Å². The molecule has 13 heavy (non-hydrogen) atoms. The summed E-state index contributed by atoms with van der Waals surface area (Å²) in [6.07, 6.45) is 3.92. The summed E-state index contributed by atoms with van der Waals surface area (Å²) in [6.45, 7) is 0. The van der Waals surface area contributed by atoms with E-state index in [1.165, 1.54) is 19.3 Å². The van der Waals surface area contributed by atoms with Crippen molar-refractivity contribution in [1.82, 2.24) is 0 Å². The highest BCUT2D eigenvalue weighted by molar-refractivity contribution is 6.67. The summed E-state index contributed by atoms with van der Waals surface area (Å²) in [5, 5.41) is -0.621. The third-order valence-electron chi connectivity index (χ3n) is 1.70. The molecule has 0 aromatic carbocycles. The van der Waals surface area contributed by atoms with E-state index in [0.29, 0.717) is 0 Å². The molecule has 4 heteroatoms. The molecule has 0 bridgehead atoms. The van der Waals surface area contributed by atoms with E-state index in [1.807, 2.05) is 0 Å². The zero-order valence-corrected chi connectivity index (χ0v) is 7.67. The van der Waals surface area contributed by atoms with Crippen LogP contribution in [0.15, 0.2) is 29.4 Å². The van der Waals surface area contributed by atoms with Crippen LogP contribution < -0.4 is 0 Å². The molecule has 0 aromatic rings. The van der Waals surface area contributed by atoms with E-state index >= 15 is 0 Å². The first kappa shape index (κ1) is 9.93. The van der Waals surface area contributed by atoms with Gasteiger partial charge in [0.2, 0.25) is 0 Å². The molecule has 1 unspecified atom stereocenters. The van der Waals surface area contributed by atoms with Gasteiger partial charge in [-0.15, -0.1) is 0 Å². The van der Waals surface area contributed by atoms with E-state index in [2.05, 4.69) is 0 Å². The van der Waals surface area contributed by atoms with Crippen molar-refractivity contribution < 1.29 is 14.3 Å². The number of carbonyl (C=O) groups is 1. The van der Waals surface area contributed by atoms with Gasteiger partial charge in [-0.2, -0.15) is 0 Å². The smallest absolute Gasteiger partial charge is 0.251 e. The van der Waals surface area contributed by atoms with Gasteiger partial charge < -0.3 is 4.74 Å². The minimum absolute atomic E-state index is 0.255. The Labute approximate surface area is 80.3 Å². The van der Waals surface area contributed by atoms with Gasteiger partial charge in [-0.05, 0) is 17.7 Å². The highest BCUT2D eigenvalue weighted by atomic mass is 35.5. The van der Waals surface area contributed by atoms with Gasteiger partial charge in [0, 0.05) is 12.7 Å². The van der Waals surface area contributed by atoms with Gasteiger partial charge in [0.15, 0.2) is 0 Å². The lowest BCUT2D eigenvalue weighted by molar-refractivity contribution is -0.109. The van der Waals surface area contributed by atoms with Gasteiger partial charge in [-0.1, -0.05) is 12.2 Å². The van der Waals surface area contributed by atoms with Crippen molar-refractivity contribution in [2.45, 2.75) is 6.10 Å². The fourth-order valence-corrected chi connectivity index (χ4v) is 1.27. The maximum absolute atomic E-state index is 10.9. The average molecular weight is 199 g/mol. The number of allylic oxidation sites excluding steroid dienone is 2. The minimum atomic E-state index is -0.688. The van der Waals surface area contributed by atoms with E-state index in [-0.39, 0.29) is 11.1 Å². The summed E-state index contributed by atoms with van der Waals surface area (Å²) in [5.74, 6) is 1.69. The Kier molecular flexibility index (Phi) is 3.20. The second-order valence-electron chi connectivity index (χ2n) is 2.43. The van der Waals surface area contributed by atoms with Crippen LogP contribution in [0, 0.1) is 0 Å². The van der Waals surface area contributed by atoms with E-state index in [4.69, 9.17) is 16.3 Å². The van der Waals surface area contributed by atoms with Crippen LogP contribution in [0.5, 0.6) is 0 Å². The standard InChI is InChI=1S/C9H7ClO3/c1-13-8-6(5-11)3-2-4-7(8)9(10)12/h2-4,8H,1H3. The van der Waals surface area contributed by atoms with Crippen LogP contribution in [0.2, 0.25) is 0 Å². The molecule has 1 rings (SSSR count). The van der Waals surface area contributed by atoms with Gasteiger partial charge >= 0.3 is 0 Å². The number of rotatable bonds is 2. The molecule has 0 aliphatic heterocycles. The van der Waals surface area contributed by atoms with Crippen molar-refractivity contribution in [2.75, 3.05) is 7.11 Å². The van der Waals surface area contributed by atoms with Gasteiger partial charge in [-0.25, -0.2) is 4.79 Å². The fraction of sp³-hybridized carbons (Fsp3) is 0.222. The predicted octanol–water partition coefficient (Wildman–Crippen LogP) is 1.02. The lowest BCUT2D eigenvalue weighted by atomic mass is 9.98. The van der Waals surface area contributed by atoms with Gasteiger partial charge in [-0.3, -0.25) is 4.79 Å². The average Bonchev–Trinajstić information content (AvgIpc) is 2.16. The Hall–Kier alpha value is -1.15. The van der Waals surface area contributed by atoms with Crippen molar-refractivity contribution in [3.8, 4) is 0 Å². The minimum Gasteiger partial charge on any atom is -0.371 e. The number of halogens is 1. The number of hydrogen-bond acceptors (Lipinski definition) is 3. The molecule has 0 saturated heterocycles. The van der Waals surface area contributed by atoms with Gasteiger partial charge in [0.05, 0.1) is 5.57 Å². The molecule has 0 N–H and O–H groups in total. The quantitative estimate of drug-likeness (QED) is 0.492. The fourth-order valence-electron chi connectivity index (χ4n) is 1.11. The summed E-state index contributed by atoms with van der Waals surface area (Å²) in [7, 11) is 1.40. The third-order valence-corrected chi connectivity index (χ3v) is 1.92. The largest absolute Gasteiger partial charge is 0.371 e. The number of hydrogen-bond donors (Lipinski definition) is 0. The molecule has 0 radical (unpaired) electrons. The Morgan fingerprint density at radius 3 is 2.85 bits per heavy atom. The Morgan fingerprint density at radius 1 is 1.69 bits per heavy atom. The molecule has 1 aliphatic rings. The van der Waals surface area contributed by atoms with Crippen molar-refractivity contribution in [3.05, 3.63) is 29.4 Å². The first-order valence-corrected chi connectivity index (χ1v) is 3.94. The van der Waals surface area contributed by atoms with Gasteiger partial charge in [0.25, 0.3) is 5.24 Å². The van der Waals surface area contributed by atoms with E-state index < -0.39 is 11.3 Å². The summed E-state index contributed by atoms with van der Waals surface area (Å²) in [4.78, 5) is 21.3. The predicted molar refractivity (Wildman–Crippen MR) is 48.1 cm³/mol. The van der Waals surface area contributed by atoms with Crippen LogP contribution in [-0.4, -0.2) is 24.4 Å². The maximum atomic E-state index is 10.9. The SMILES string of the molecule is COC1C(=C=O)C=CC=C1C(=O)Cl. The topological polar surface area (TPSA) is 43.4 Å². The van der Waals surface area contributed by atoms with E-state index in [9.17, 15) is 9.59 Å². The van der Waals surface area contributed by atoms with Crippen LogP contribution in [0.25, 0.3) is 0 Å². The summed E-state index contributed by atoms with van der Waals surface area (Å²) in [6, 6.07) is 0. The lowest BCUT2D eigenvalue weighted by Gasteiger charge is -2.17. The molecule has 0 spiro atoms. The number of carbonyl (C=O) groups excluding carboxylic acids is 2. The maximum Gasteiger partial charge on any atom is 0.251 e. The van der Waals surface area contributed by atoms with Crippen LogP contribution in [0.1, 0.15) is 0 Å². The molecule has 0 fully saturated rings. The Bertz CT molecular complexity index is 335. The zero-order valence-electron chi connectivity index (χ0n) is 6.91. The molecule has 1 atom stereocenters. The molecule has 3 nitrogen and oxygen atoms in total. The second kappa shape index (κ2) is 4.19. The molecular formula is C9H7ClO3. The molecule has 68 valence electrons. The van der Waals surface area contributed by atoms with Crippen molar-refractivity contribution in [3.63, 3.8) is 0 Å². The molecule has 1 aliphatic carbocycles. The number of ether oxygens (including phenoxy) is 1. The number of methoxy groups -OCH3 is 1. The monoisotopic (exact) mass is 198 g/mol. The van der Waals surface area contributed by atoms with Crippen molar-refractivity contribution in [2.24, 2.45) is 0 Å². The van der Waals surface area contributed by atoms with Crippen LogP contribution >= 0.6 is 11.6 Å². The first-order chi connectivity index (χ1) is 6.20. The summed E-state index contributed by atoms with van der Waals surface area (Å²) < 4.78 is 4.94. The van der Waals surface area contributed by atoms with Crippen molar-refractivity contribution >= 4 is 22.8 Å². The highest BCUT2D eigenvalue weighted by Gasteiger charge is 2.24. The van der Waals surface area contributed by atoms with E-state index in [1.54, 1.807) is 12.0 Å². The molecule has 0 amide bonds. The molecular weight excluding hydrogens is 192 g/mol. The Morgan fingerprint density at radius 2 is 2.38 bits per heavy atom. The Balaban J connectivity index is 3.09. The summed E-state index contributed by atoms with van der Waals surface area (Å²) in [5.41, 5.74) is 0.527. The zero-order chi connectivity index (χ0) is 9.84. The summed E-state index contributed by atoms with van der Waals surface area (Å²) >= 11 is 5.29. The van der Waals surface area contributed by atoms with Gasteiger partial charge in [0.1, 0.15) is 12.0 Å². The molecule has 0 heterocycles. The third kappa shape index (κ3) is 1.95. The molecule has 0 saturated carbocycles. The van der Waals surface area contributed by atoms with Crippen LogP contribution in [0.3, 0.4) is 0 Å². The lowest BCUT2D eigenvalue weighted by Crippen LogP contribution is -2.21.